The van der Waals surface area contributed by atoms with E-state index in [1.807, 2.05) is 19.0 Å². The quantitative estimate of drug-likeness (QED) is 0.479. The van der Waals surface area contributed by atoms with Crippen molar-refractivity contribution in [1.29, 1.82) is 5.26 Å². The summed E-state index contributed by atoms with van der Waals surface area (Å²) in [5.74, 6) is -2.21. The van der Waals surface area contributed by atoms with Crippen LogP contribution in [-0.2, 0) is 14.3 Å². The lowest BCUT2D eigenvalue weighted by atomic mass is 10.1. The molecule has 1 N–H and O–H groups in total. The Labute approximate surface area is 142 Å². The van der Waals surface area contributed by atoms with Crippen molar-refractivity contribution >= 4 is 23.6 Å². The number of amides is 1. The molecule has 0 saturated carbocycles. The summed E-state index contributed by atoms with van der Waals surface area (Å²) >= 11 is 0. The molecule has 1 amide bonds. The average molecular weight is 355 g/mol. The number of nitriles is 1. The summed E-state index contributed by atoms with van der Waals surface area (Å²) in [4.78, 5) is 24.8. The Kier molecular flexibility index (Phi) is 6.99. The van der Waals surface area contributed by atoms with Gasteiger partial charge in [0.25, 0.3) is 5.91 Å². The molecule has 0 fully saturated rings. The molecule has 0 unspecified atom stereocenters. The zero-order valence-electron chi connectivity index (χ0n) is 13.6. The smallest absolute Gasteiger partial charge is 0.405 e. The molecule has 25 heavy (non-hydrogen) atoms. The standard InChI is InChI=1S/C16H16F3N3O3/c1-22(2)13-5-3-11(4-6-13)7-12(8-20)15(24)25-9-14(23)21-10-16(17,18)19/h3-7H,9-10H2,1-2H3,(H,21,23)/b12-7-. The predicted molar refractivity (Wildman–Crippen MR) is 84.4 cm³/mol. The SMILES string of the molecule is CN(C)c1ccc(/C=C(/C#N)C(=O)OCC(=O)NCC(F)(F)F)cc1. The molecule has 0 aliphatic heterocycles. The third kappa shape index (κ3) is 7.39. The fourth-order valence-corrected chi connectivity index (χ4v) is 1.63. The third-order valence-electron chi connectivity index (χ3n) is 2.88. The summed E-state index contributed by atoms with van der Waals surface area (Å²) in [6.07, 6.45) is -3.30. The highest BCUT2D eigenvalue weighted by molar-refractivity contribution is 5.98. The van der Waals surface area contributed by atoms with Gasteiger partial charge < -0.3 is 15.0 Å². The van der Waals surface area contributed by atoms with Gasteiger partial charge in [0.2, 0.25) is 0 Å². The number of carbonyl (C=O) groups excluding carboxylic acids is 2. The van der Waals surface area contributed by atoms with Crippen LogP contribution < -0.4 is 10.2 Å². The molecule has 1 rings (SSSR count). The predicted octanol–water partition coefficient (Wildman–Crippen LogP) is 1.88. The van der Waals surface area contributed by atoms with E-state index >= 15 is 0 Å². The first-order chi connectivity index (χ1) is 11.6. The molecule has 1 aromatic rings. The van der Waals surface area contributed by atoms with Gasteiger partial charge in [0.15, 0.2) is 6.61 Å². The second-order valence-corrected chi connectivity index (χ2v) is 5.12. The number of hydrogen-bond donors (Lipinski definition) is 1. The maximum atomic E-state index is 11.9. The Bertz CT molecular complexity index is 689. The van der Waals surface area contributed by atoms with E-state index in [1.54, 1.807) is 35.7 Å². The second kappa shape index (κ2) is 8.73. The van der Waals surface area contributed by atoms with E-state index in [1.165, 1.54) is 6.08 Å². The normalized spacial score (nSPS) is 11.4. The van der Waals surface area contributed by atoms with Gasteiger partial charge in [0.05, 0.1) is 0 Å². The maximum absolute atomic E-state index is 11.9. The van der Waals surface area contributed by atoms with Crippen LogP contribution in [0.2, 0.25) is 0 Å². The Morgan fingerprint density at radius 1 is 1.28 bits per heavy atom. The van der Waals surface area contributed by atoms with Crippen molar-refractivity contribution in [2.75, 3.05) is 32.1 Å². The molecule has 1 aromatic carbocycles. The van der Waals surface area contributed by atoms with Gasteiger partial charge >= 0.3 is 12.1 Å². The van der Waals surface area contributed by atoms with Crippen LogP contribution in [0.15, 0.2) is 29.8 Å². The van der Waals surface area contributed by atoms with Crippen LogP contribution in [0.4, 0.5) is 18.9 Å². The van der Waals surface area contributed by atoms with Crippen LogP contribution in [0.3, 0.4) is 0 Å². The van der Waals surface area contributed by atoms with E-state index in [4.69, 9.17) is 5.26 Å². The molecule has 0 saturated heterocycles. The zero-order valence-corrected chi connectivity index (χ0v) is 13.6. The number of esters is 1. The minimum atomic E-state index is -4.56. The molecule has 0 aromatic heterocycles. The molecule has 134 valence electrons. The number of ether oxygens (including phenoxy) is 1. The topological polar surface area (TPSA) is 82.4 Å². The molecule has 9 heteroatoms. The molecule has 0 aliphatic rings. The van der Waals surface area contributed by atoms with Gasteiger partial charge in [0, 0.05) is 19.8 Å². The highest BCUT2D eigenvalue weighted by atomic mass is 19.4. The number of nitrogens with one attached hydrogen (secondary N) is 1. The molecule has 6 nitrogen and oxygen atoms in total. The lowest BCUT2D eigenvalue weighted by Gasteiger charge is -2.12. The number of rotatable bonds is 6. The monoisotopic (exact) mass is 355 g/mol. The minimum absolute atomic E-state index is 0.374. The highest BCUT2D eigenvalue weighted by Crippen LogP contribution is 2.15. The largest absolute Gasteiger partial charge is 0.451 e. The Hall–Kier alpha value is -3.02. The summed E-state index contributed by atoms with van der Waals surface area (Å²) in [7, 11) is 3.71. The number of benzene rings is 1. The second-order valence-electron chi connectivity index (χ2n) is 5.12. The number of alkyl halides is 3. The molecule has 0 aliphatic carbocycles. The number of halogens is 3. The van der Waals surface area contributed by atoms with Crippen LogP contribution in [0.5, 0.6) is 0 Å². The van der Waals surface area contributed by atoms with Gasteiger partial charge in [-0.05, 0) is 23.8 Å². The maximum Gasteiger partial charge on any atom is 0.405 e. The highest BCUT2D eigenvalue weighted by Gasteiger charge is 2.27. The van der Waals surface area contributed by atoms with Crippen molar-refractivity contribution < 1.29 is 27.5 Å². The first kappa shape index (κ1) is 20.0. The fourth-order valence-electron chi connectivity index (χ4n) is 1.63. The fraction of sp³-hybridized carbons (Fsp3) is 0.312. The van der Waals surface area contributed by atoms with Gasteiger partial charge in [-0.3, -0.25) is 4.79 Å². The van der Waals surface area contributed by atoms with Gasteiger partial charge in [0.1, 0.15) is 18.2 Å². The number of nitrogens with zero attached hydrogens (tertiary/aromatic N) is 2. The third-order valence-corrected chi connectivity index (χ3v) is 2.88. The van der Waals surface area contributed by atoms with Crippen molar-refractivity contribution in [2.24, 2.45) is 0 Å². The van der Waals surface area contributed by atoms with Crippen LogP contribution in [-0.4, -0.2) is 45.3 Å². The number of hydrogen-bond acceptors (Lipinski definition) is 5. The van der Waals surface area contributed by atoms with Crippen LogP contribution in [0, 0.1) is 11.3 Å². The molecule has 0 heterocycles. The lowest BCUT2D eigenvalue weighted by Crippen LogP contribution is -2.36. The van der Waals surface area contributed by atoms with Crippen molar-refractivity contribution in [1.82, 2.24) is 5.32 Å². The van der Waals surface area contributed by atoms with E-state index in [2.05, 4.69) is 4.74 Å². The van der Waals surface area contributed by atoms with E-state index < -0.39 is 31.2 Å². The Morgan fingerprint density at radius 3 is 2.36 bits per heavy atom. The zero-order chi connectivity index (χ0) is 19.0. The summed E-state index contributed by atoms with van der Waals surface area (Å²) in [6, 6.07) is 8.53. The Morgan fingerprint density at radius 2 is 1.88 bits per heavy atom. The van der Waals surface area contributed by atoms with Crippen LogP contribution >= 0.6 is 0 Å². The van der Waals surface area contributed by atoms with E-state index in [9.17, 15) is 22.8 Å². The summed E-state index contributed by atoms with van der Waals surface area (Å²) in [5.41, 5.74) is 1.10. The molecule has 0 atom stereocenters. The van der Waals surface area contributed by atoms with Crippen molar-refractivity contribution in [2.45, 2.75) is 6.18 Å². The van der Waals surface area contributed by atoms with Crippen molar-refractivity contribution in [3.05, 3.63) is 35.4 Å². The first-order valence-electron chi connectivity index (χ1n) is 7.02. The summed E-state index contributed by atoms with van der Waals surface area (Å²) in [5, 5.41) is 10.6. The van der Waals surface area contributed by atoms with E-state index in [-0.39, 0.29) is 5.57 Å². The van der Waals surface area contributed by atoms with E-state index in [0.29, 0.717) is 5.56 Å². The molecular formula is C16H16F3N3O3. The van der Waals surface area contributed by atoms with Gasteiger partial charge in [-0.25, -0.2) is 4.79 Å². The molecule has 0 radical (unpaired) electrons. The van der Waals surface area contributed by atoms with Crippen LogP contribution in [0.1, 0.15) is 5.56 Å². The number of anilines is 1. The minimum Gasteiger partial charge on any atom is -0.451 e. The average Bonchev–Trinajstić information content (AvgIpc) is 2.55. The molecule has 0 bridgehead atoms. The summed E-state index contributed by atoms with van der Waals surface area (Å²) < 4.78 is 40.4. The van der Waals surface area contributed by atoms with Gasteiger partial charge in [-0.15, -0.1) is 0 Å². The summed E-state index contributed by atoms with van der Waals surface area (Å²) in [6.45, 7) is -2.43. The first-order valence-corrected chi connectivity index (χ1v) is 7.02. The van der Waals surface area contributed by atoms with Gasteiger partial charge in [-0.2, -0.15) is 18.4 Å². The Balaban J connectivity index is 2.65. The van der Waals surface area contributed by atoms with Crippen molar-refractivity contribution in [3.63, 3.8) is 0 Å². The molecule has 0 spiro atoms. The lowest BCUT2D eigenvalue weighted by molar-refractivity contribution is -0.148. The van der Waals surface area contributed by atoms with Crippen molar-refractivity contribution in [3.8, 4) is 6.07 Å². The van der Waals surface area contributed by atoms with E-state index in [0.717, 1.165) is 5.69 Å². The number of carbonyl (C=O) groups is 2. The molecular weight excluding hydrogens is 339 g/mol. The van der Waals surface area contributed by atoms with Gasteiger partial charge in [-0.1, -0.05) is 12.1 Å². The van der Waals surface area contributed by atoms with Crippen LogP contribution in [0.25, 0.3) is 6.08 Å².